The lowest BCUT2D eigenvalue weighted by Crippen LogP contribution is -2.26. The second kappa shape index (κ2) is 9.43. The third kappa shape index (κ3) is 5.26. The first kappa shape index (κ1) is 20.7. The number of methoxy groups -OCH3 is 2. The minimum Gasteiger partial charge on any atom is -0.493 e. The molecule has 1 amide bonds. The first-order valence-corrected chi connectivity index (χ1v) is 9.47. The molecule has 0 saturated carbocycles. The largest absolute Gasteiger partial charge is 0.493 e. The molecule has 0 aliphatic carbocycles. The van der Waals surface area contributed by atoms with Gasteiger partial charge in [-0.25, -0.2) is 0 Å². The van der Waals surface area contributed by atoms with Gasteiger partial charge in [0, 0.05) is 23.4 Å². The van der Waals surface area contributed by atoms with E-state index in [1.54, 1.807) is 38.5 Å². The fourth-order valence-electron chi connectivity index (χ4n) is 2.82. The average Bonchev–Trinajstić information content (AvgIpc) is 3.21. The van der Waals surface area contributed by atoms with Gasteiger partial charge in [0.05, 0.1) is 20.3 Å². The van der Waals surface area contributed by atoms with Crippen LogP contribution >= 0.6 is 11.6 Å². The van der Waals surface area contributed by atoms with Crippen LogP contribution in [0.25, 0.3) is 11.4 Å². The van der Waals surface area contributed by atoms with Crippen LogP contribution in [0.4, 0.5) is 0 Å². The van der Waals surface area contributed by atoms with Crippen molar-refractivity contribution in [2.45, 2.75) is 25.8 Å². The molecule has 0 aliphatic heterocycles. The Labute approximate surface area is 174 Å². The Kier molecular flexibility index (Phi) is 6.72. The summed E-state index contributed by atoms with van der Waals surface area (Å²) in [5.74, 6) is 1.91. The summed E-state index contributed by atoms with van der Waals surface area (Å²) in [4.78, 5) is 16.6. The van der Waals surface area contributed by atoms with Gasteiger partial charge < -0.3 is 19.3 Å². The highest BCUT2D eigenvalue weighted by Crippen LogP contribution is 2.31. The van der Waals surface area contributed by atoms with E-state index in [4.69, 9.17) is 25.6 Å². The maximum Gasteiger partial charge on any atom is 0.227 e. The van der Waals surface area contributed by atoms with Crippen molar-refractivity contribution in [1.82, 2.24) is 15.5 Å². The monoisotopic (exact) mass is 415 g/mol. The van der Waals surface area contributed by atoms with E-state index in [0.717, 1.165) is 11.1 Å². The van der Waals surface area contributed by atoms with Crippen LogP contribution in [0.1, 0.15) is 30.8 Å². The Bertz CT molecular complexity index is 972. The van der Waals surface area contributed by atoms with Crippen LogP contribution in [-0.4, -0.2) is 30.3 Å². The molecule has 0 radical (unpaired) electrons. The molecular weight excluding hydrogens is 394 g/mol. The van der Waals surface area contributed by atoms with E-state index in [1.807, 2.05) is 25.1 Å². The second-order valence-corrected chi connectivity index (χ2v) is 6.86. The van der Waals surface area contributed by atoms with Crippen LogP contribution in [0.15, 0.2) is 47.0 Å². The van der Waals surface area contributed by atoms with Crippen LogP contribution in [-0.2, 0) is 11.2 Å². The highest BCUT2D eigenvalue weighted by molar-refractivity contribution is 6.30. The van der Waals surface area contributed by atoms with Crippen LogP contribution in [0.5, 0.6) is 11.5 Å². The lowest BCUT2D eigenvalue weighted by molar-refractivity contribution is -0.121. The zero-order valence-electron chi connectivity index (χ0n) is 16.4. The number of nitrogens with zero attached hydrogens (tertiary/aromatic N) is 2. The number of amides is 1. The summed E-state index contributed by atoms with van der Waals surface area (Å²) in [5, 5.41) is 7.60. The molecule has 0 saturated heterocycles. The number of aryl methyl sites for hydroxylation is 1. The Balaban J connectivity index is 1.57. The van der Waals surface area contributed by atoms with E-state index in [-0.39, 0.29) is 18.4 Å². The smallest absolute Gasteiger partial charge is 0.227 e. The quantitative estimate of drug-likeness (QED) is 0.592. The summed E-state index contributed by atoms with van der Waals surface area (Å²) in [5.41, 5.74) is 1.72. The lowest BCUT2D eigenvalue weighted by Gasteiger charge is -2.14. The summed E-state index contributed by atoms with van der Waals surface area (Å²) in [6.07, 6.45) is 0.588. The van der Waals surface area contributed by atoms with E-state index in [9.17, 15) is 4.79 Å². The number of rotatable bonds is 8. The third-order valence-corrected chi connectivity index (χ3v) is 4.68. The maximum atomic E-state index is 12.2. The Morgan fingerprint density at radius 1 is 1.14 bits per heavy atom. The SMILES string of the molecule is COc1ccc(-c2noc(CCC(=O)NC(C)c3ccc(Cl)cc3)n2)cc1OC. The van der Waals surface area contributed by atoms with Gasteiger partial charge in [-0.3, -0.25) is 4.79 Å². The molecule has 0 bridgehead atoms. The molecule has 1 heterocycles. The molecule has 0 fully saturated rings. The Morgan fingerprint density at radius 2 is 1.86 bits per heavy atom. The van der Waals surface area contributed by atoms with Crippen LogP contribution in [0, 0.1) is 0 Å². The number of carbonyl (C=O) groups excluding carboxylic acids is 1. The zero-order valence-corrected chi connectivity index (χ0v) is 17.2. The highest BCUT2D eigenvalue weighted by Gasteiger charge is 2.14. The fourth-order valence-corrected chi connectivity index (χ4v) is 2.94. The lowest BCUT2D eigenvalue weighted by atomic mass is 10.1. The molecule has 2 aromatic carbocycles. The molecule has 1 atom stereocenters. The van der Waals surface area contributed by atoms with Crippen molar-refractivity contribution >= 4 is 17.5 Å². The summed E-state index contributed by atoms with van der Waals surface area (Å²) in [6.45, 7) is 1.92. The number of ether oxygens (including phenoxy) is 2. The van der Waals surface area contributed by atoms with Gasteiger partial charge >= 0.3 is 0 Å². The Morgan fingerprint density at radius 3 is 2.55 bits per heavy atom. The van der Waals surface area contributed by atoms with E-state index >= 15 is 0 Å². The van der Waals surface area contributed by atoms with Crippen molar-refractivity contribution < 1.29 is 18.8 Å². The fraction of sp³-hybridized carbons (Fsp3) is 0.286. The van der Waals surface area contributed by atoms with Crippen molar-refractivity contribution in [3.8, 4) is 22.9 Å². The predicted molar refractivity (Wildman–Crippen MR) is 109 cm³/mol. The first-order valence-electron chi connectivity index (χ1n) is 9.10. The molecule has 3 rings (SSSR count). The van der Waals surface area contributed by atoms with Crippen molar-refractivity contribution in [2.24, 2.45) is 0 Å². The number of halogens is 1. The minimum absolute atomic E-state index is 0.0988. The number of carbonyl (C=O) groups is 1. The van der Waals surface area contributed by atoms with Crippen molar-refractivity contribution in [2.75, 3.05) is 14.2 Å². The van der Waals surface area contributed by atoms with Crippen LogP contribution < -0.4 is 14.8 Å². The molecule has 152 valence electrons. The van der Waals surface area contributed by atoms with Crippen LogP contribution in [0.3, 0.4) is 0 Å². The summed E-state index contributed by atoms with van der Waals surface area (Å²) >= 11 is 5.89. The molecule has 0 spiro atoms. The highest BCUT2D eigenvalue weighted by atomic mass is 35.5. The zero-order chi connectivity index (χ0) is 20.8. The molecule has 7 nitrogen and oxygen atoms in total. The van der Waals surface area contributed by atoms with E-state index in [0.29, 0.717) is 34.7 Å². The summed E-state index contributed by atoms with van der Waals surface area (Å²) in [7, 11) is 3.13. The average molecular weight is 416 g/mol. The van der Waals surface area contributed by atoms with Gasteiger partial charge in [-0.2, -0.15) is 4.98 Å². The van der Waals surface area contributed by atoms with Gasteiger partial charge in [0.25, 0.3) is 0 Å². The van der Waals surface area contributed by atoms with Gasteiger partial charge in [-0.05, 0) is 42.8 Å². The number of nitrogens with one attached hydrogen (secondary N) is 1. The second-order valence-electron chi connectivity index (χ2n) is 6.42. The molecule has 0 aliphatic rings. The standard InChI is InChI=1S/C21H22ClN3O4/c1-13(14-4-7-16(22)8-5-14)23-19(26)10-11-20-24-21(25-29-20)15-6-9-17(27-2)18(12-15)28-3/h4-9,12-13H,10-11H2,1-3H3,(H,23,26). The van der Waals surface area contributed by atoms with Crippen molar-refractivity contribution in [1.29, 1.82) is 0 Å². The number of aromatic nitrogens is 2. The van der Waals surface area contributed by atoms with Gasteiger partial charge in [-0.15, -0.1) is 0 Å². The minimum atomic E-state index is -0.121. The normalized spacial score (nSPS) is 11.7. The third-order valence-electron chi connectivity index (χ3n) is 4.42. The first-order chi connectivity index (χ1) is 14.0. The van der Waals surface area contributed by atoms with Gasteiger partial charge in [0.1, 0.15) is 0 Å². The van der Waals surface area contributed by atoms with Crippen molar-refractivity contribution in [3.05, 3.63) is 58.9 Å². The number of benzene rings is 2. The van der Waals surface area contributed by atoms with Gasteiger partial charge in [-0.1, -0.05) is 28.9 Å². The predicted octanol–water partition coefficient (Wildman–Crippen LogP) is 4.22. The van der Waals surface area contributed by atoms with Crippen molar-refractivity contribution in [3.63, 3.8) is 0 Å². The van der Waals surface area contributed by atoms with E-state index < -0.39 is 0 Å². The van der Waals surface area contributed by atoms with Gasteiger partial charge in [0.15, 0.2) is 11.5 Å². The molecular formula is C21H22ClN3O4. The number of hydrogen-bond acceptors (Lipinski definition) is 6. The molecule has 8 heteroatoms. The van der Waals surface area contributed by atoms with E-state index in [1.165, 1.54) is 0 Å². The molecule has 3 aromatic rings. The summed E-state index contributed by atoms with van der Waals surface area (Å²) < 4.78 is 15.8. The topological polar surface area (TPSA) is 86.5 Å². The molecule has 1 unspecified atom stereocenters. The molecule has 1 aromatic heterocycles. The van der Waals surface area contributed by atoms with E-state index in [2.05, 4.69) is 15.5 Å². The number of hydrogen-bond donors (Lipinski definition) is 1. The van der Waals surface area contributed by atoms with Gasteiger partial charge in [0.2, 0.25) is 17.6 Å². The molecule has 29 heavy (non-hydrogen) atoms. The summed E-state index contributed by atoms with van der Waals surface area (Å²) in [6, 6.07) is 12.6. The van der Waals surface area contributed by atoms with Crippen LogP contribution in [0.2, 0.25) is 5.02 Å². The Hall–Kier alpha value is -3.06. The molecule has 1 N–H and O–H groups in total. The maximum absolute atomic E-state index is 12.2.